The predicted molar refractivity (Wildman–Crippen MR) is 55.3 cm³/mol. The molecule has 0 spiro atoms. The normalized spacial score (nSPS) is 14.4. The van der Waals surface area contributed by atoms with E-state index >= 15 is 0 Å². The van der Waals surface area contributed by atoms with E-state index in [0.29, 0.717) is 6.42 Å². The van der Waals surface area contributed by atoms with Gasteiger partial charge in [-0.2, -0.15) is 0 Å². The molecular formula is C8H13IO3. The average molecular weight is 284 g/mol. The van der Waals surface area contributed by atoms with Crippen LogP contribution in [-0.2, 0) is 4.79 Å². The van der Waals surface area contributed by atoms with Gasteiger partial charge in [0, 0.05) is 0 Å². The Morgan fingerprint density at radius 1 is 1.67 bits per heavy atom. The number of halogens is 1. The molecule has 1 atom stereocenters. The van der Waals surface area contributed by atoms with E-state index in [1.165, 1.54) is 4.08 Å². The second kappa shape index (κ2) is 6.42. The number of carbonyl (C=O) groups is 1. The van der Waals surface area contributed by atoms with E-state index in [1.807, 2.05) is 29.5 Å². The molecule has 0 saturated heterocycles. The van der Waals surface area contributed by atoms with Gasteiger partial charge < -0.3 is 10.2 Å². The first-order valence-corrected chi connectivity index (χ1v) is 5.09. The standard InChI is InChI=1S/C8H13IO3/c1-2-3-4-7(10)6(5-9)8(11)12/h5,7,10H,2-4H2,1H3,(H,11,12)/b6-5-. The van der Waals surface area contributed by atoms with Crippen LogP contribution in [0, 0.1) is 0 Å². The van der Waals surface area contributed by atoms with Crippen LogP contribution in [0.5, 0.6) is 0 Å². The highest BCUT2D eigenvalue weighted by molar-refractivity contribution is 14.1. The summed E-state index contributed by atoms with van der Waals surface area (Å²) in [5.74, 6) is -1.03. The van der Waals surface area contributed by atoms with E-state index in [9.17, 15) is 9.90 Å². The number of carboxylic acid groups (broad SMARTS) is 1. The van der Waals surface area contributed by atoms with E-state index in [0.717, 1.165) is 12.8 Å². The highest BCUT2D eigenvalue weighted by Gasteiger charge is 2.16. The van der Waals surface area contributed by atoms with Gasteiger partial charge in [0.25, 0.3) is 0 Å². The summed E-state index contributed by atoms with van der Waals surface area (Å²) in [7, 11) is 0. The number of aliphatic carboxylic acids is 1. The van der Waals surface area contributed by atoms with Crippen LogP contribution in [0.2, 0.25) is 0 Å². The minimum absolute atomic E-state index is 0.0871. The van der Waals surface area contributed by atoms with Crippen molar-refractivity contribution in [2.75, 3.05) is 0 Å². The van der Waals surface area contributed by atoms with Crippen molar-refractivity contribution in [2.45, 2.75) is 32.3 Å². The summed E-state index contributed by atoms with van der Waals surface area (Å²) in [4.78, 5) is 10.5. The summed E-state index contributed by atoms with van der Waals surface area (Å²) in [6.07, 6.45) is 1.52. The maximum Gasteiger partial charge on any atom is 0.334 e. The Kier molecular flexibility index (Phi) is 6.37. The number of rotatable bonds is 5. The van der Waals surface area contributed by atoms with Crippen LogP contribution in [0.25, 0.3) is 0 Å². The minimum Gasteiger partial charge on any atom is -0.478 e. The number of aliphatic hydroxyl groups excluding tert-OH is 1. The molecule has 3 nitrogen and oxygen atoms in total. The first kappa shape index (κ1) is 11.9. The largest absolute Gasteiger partial charge is 0.478 e. The Bertz CT molecular complexity index is 177. The van der Waals surface area contributed by atoms with Gasteiger partial charge in [-0.05, 0) is 10.5 Å². The number of hydrogen-bond acceptors (Lipinski definition) is 2. The zero-order chi connectivity index (χ0) is 9.56. The lowest BCUT2D eigenvalue weighted by atomic mass is 10.1. The summed E-state index contributed by atoms with van der Waals surface area (Å²) >= 11 is 1.83. The van der Waals surface area contributed by atoms with Gasteiger partial charge in [-0.1, -0.05) is 42.4 Å². The number of aliphatic hydroxyl groups is 1. The number of hydrogen-bond donors (Lipinski definition) is 2. The molecule has 4 heteroatoms. The van der Waals surface area contributed by atoms with Gasteiger partial charge in [-0.25, -0.2) is 4.79 Å². The van der Waals surface area contributed by atoms with Gasteiger partial charge in [0.05, 0.1) is 11.7 Å². The molecule has 70 valence electrons. The van der Waals surface area contributed by atoms with Crippen LogP contribution in [-0.4, -0.2) is 22.3 Å². The van der Waals surface area contributed by atoms with Crippen molar-refractivity contribution in [3.8, 4) is 0 Å². The van der Waals surface area contributed by atoms with Crippen molar-refractivity contribution < 1.29 is 15.0 Å². The van der Waals surface area contributed by atoms with Crippen LogP contribution < -0.4 is 0 Å². The Labute approximate surface area is 85.6 Å². The Morgan fingerprint density at radius 2 is 2.25 bits per heavy atom. The molecule has 2 N–H and O–H groups in total. The van der Waals surface area contributed by atoms with Crippen LogP contribution >= 0.6 is 22.6 Å². The number of carboxylic acids is 1. The quantitative estimate of drug-likeness (QED) is 0.599. The Morgan fingerprint density at radius 3 is 2.58 bits per heavy atom. The molecule has 0 bridgehead atoms. The number of unbranched alkanes of at least 4 members (excludes halogenated alkanes) is 1. The Hall–Kier alpha value is -0.100. The second-order valence-corrected chi connectivity index (χ2v) is 3.15. The monoisotopic (exact) mass is 284 g/mol. The van der Waals surface area contributed by atoms with Gasteiger partial charge in [-0.15, -0.1) is 0 Å². The van der Waals surface area contributed by atoms with Gasteiger partial charge in [0.1, 0.15) is 0 Å². The molecule has 0 aliphatic carbocycles. The van der Waals surface area contributed by atoms with E-state index in [1.54, 1.807) is 0 Å². The third-order valence-electron chi connectivity index (χ3n) is 1.55. The lowest BCUT2D eigenvalue weighted by molar-refractivity contribution is -0.133. The molecule has 0 aliphatic heterocycles. The van der Waals surface area contributed by atoms with E-state index in [4.69, 9.17) is 5.11 Å². The van der Waals surface area contributed by atoms with Crippen molar-refractivity contribution in [1.82, 2.24) is 0 Å². The fraction of sp³-hybridized carbons (Fsp3) is 0.625. The molecule has 12 heavy (non-hydrogen) atoms. The van der Waals surface area contributed by atoms with Gasteiger partial charge in [-0.3, -0.25) is 0 Å². The smallest absolute Gasteiger partial charge is 0.334 e. The highest BCUT2D eigenvalue weighted by atomic mass is 127. The molecule has 1 unspecified atom stereocenters. The summed E-state index contributed by atoms with van der Waals surface area (Å²) < 4.78 is 1.42. The molecule has 0 radical (unpaired) electrons. The lowest BCUT2D eigenvalue weighted by Crippen LogP contribution is -2.17. The summed E-state index contributed by atoms with van der Waals surface area (Å²) in [5, 5.41) is 18.0. The SMILES string of the molecule is CCCCC(O)/C(=C/I)C(=O)O. The molecule has 0 aliphatic rings. The van der Waals surface area contributed by atoms with Gasteiger partial charge in [0.2, 0.25) is 0 Å². The maximum atomic E-state index is 10.5. The fourth-order valence-corrected chi connectivity index (χ4v) is 1.50. The zero-order valence-corrected chi connectivity index (χ0v) is 9.11. The first-order valence-electron chi connectivity index (χ1n) is 3.85. The van der Waals surface area contributed by atoms with E-state index in [-0.39, 0.29) is 5.57 Å². The second-order valence-electron chi connectivity index (χ2n) is 2.53. The molecule has 0 aromatic heterocycles. The van der Waals surface area contributed by atoms with Gasteiger partial charge >= 0.3 is 5.97 Å². The maximum absolute atomic E-state index is 10.5. The van der Waals surface area contributed by atoms with Crippen LogP contribution in [0.15, 0.2) is 9.66 Å². The van der Waals surface area contributed by atoms with E-state index in [2.05, 4.69) is 0 Å². The summed E-state index contributed by atoms with van der Waals surface area (Å²) in [6.45, 7) is 2.00. The third kappa shape index (κ3) is 4.06. The molecule has 0 amide bonds. The molecule has 0 aromatic rings. The van der Waals surface area contributed by atoms with Gasteiger partial charge in [0.15, 0.2) is 0 Å². The summed E-state index contributed by atoms with van der Waals surface area (Å²) in [6, 6.07) is 0. The highest BCUT2D eigenvalue weighted by Crippen LogP contribution is 2.12. The Balaban J connectivity index is 4.05. The van der Waals surface area contributed by atoms with Crippen molar-refractivity contribution in [1.29, 1.82) is 0 Å². The van der Waals surface area contributed by atoms with Crippen molar-refractivity contribution >= 4 is 28.6 Å². The molecule has 0 saturated carbocycles. The molecule has 0 heterocycles. The zero-order valence-electron chi connectivity index (χ0n) is 6.96. The molecular weight excluding hydrogens is 271 g/mol. The van der Waals surface area contributed by atoms with Crippen molar-refractivity contribution in [3.63, 3.8) is 0 Å². The molecule has 0 fully saturated rings. The van der Waals surface area contributed by atoms with Crippen molar-refractivity contribution in [3.05, 3.63) is 9.66 Å². The third-order valence-corrected chi connectivity index (χ3v) is 2.23. The van der Waals surface area contributed by atoms with Crippen LogP contribution in [0.1, 0.15) is 26.2 Å². The predicted octanol–water partition coefficient (Wildman–Crippen LogP) is 1.94. The van der Waals surface area contributed by atoms with Crippen LogP contribution in [0.3, 0.4) is 0 Å². The summed E-state index contributed by atoms with van der Waals surface area (Å²) in [5.41, 5.74) is 0.0871. The van der Waals surface area contributed by atoms with E-state index < -0.39 is 12.1 Å². The average Bonchev–Trinajstić information content (AvgIpc) is 2.01. The molecule has 0 rings (SSSR count). The fourth-order valence-electron chi connectivity index (χ4n) is 0.815. The minimum atomic E-state index is -1.03. The van der Waals surface area contributed by atoms with Crippen LogP contribution in [0.4, 0.5) is 0 Å². The first-order chi connectivity index (χ1) is 5.63. The molecule has 0 aromatic carbocycles. The van der Waals surface area contributed by atoms with Crippen molar-refractivity contribution in [2.24, 2.45) is 0 Å². The lowest BCUT2D eigenvalue weighted by Gasteiger charge is -2.09. The topological polar surface area (TPSA) is 57.5 Å².